The molecule has 4 aromatic carbocycles. The molecule has 0 saturated carbocycles. The van der Waals surface area contributed by atoms with E-state index in [4.69, 9.17) is 0 Å². The molecule has 0 radical (unpaired) electrons. The molecule has 0 fully saturated rings. The molecule has 0 unspecified atom stereocenters. The molecule has 6 nitrogen and oxygen atoms in total. The summed E-state index contributed by atoms with van der Waals surface area (Å²) >= 11 is 0. The van der Waals surface area contributed by atoms with Gasteiger partial charge in [-0.25, -0.2) is 4.39 Å². The van der Waals surface area contributed by atoms with Crippen LogP contribution in [0.4, 0.5) is 4.39 Å². The number of aliphatic carboxylic acids is 1. The molecule has 204 valence electrons. The van der Waals surface area contributed by atoms with Crippen molar-refractivity contribution in [2.45, 2.75) is 25.8 Å². The first-order valence-electron chi connectivity index (χ1n) is 13.2. The number of carboxylic acids is 1. The summed E-state index contributed by atoms with van der Waals surface area (Å²) in [6.07, 6.45) is 1.26. The fourth-order valence-electron chi connectivity index (χ4n) is 4.57. The van der Waals surface area contributed by atoms with Gasteiger partial charge < -0.3 is 15.3 Å². The second kappa shape index (κ2) is 13.8. The molecule has 0 bridgehead atoms. The Morgan fingerprint density at radius 1 is 0.725 bits per heavy atom. The van der Waals surface area contributed by atoms with E-state index >= 15 is 0 Å². The van der Waals surface area contributed by atoms with E-state index in [1.807, 2.05) is 30.3 Å². The zero-order valence-corrected chi connectivity index (χ0v) is 22.1. The molecule has 7 heteroatoms. The SMILES string of the molecule is O=C(O)CCN(CCCc1ccccc1)C(=O)c1ccccc1-c1ccccc1C(=O)NCc1ccccc1F. The van der Waals surface area contributed by atoms with Crippen molar-refractivity contribution in [3.8, 4) is 11.1 Å². The minimum atomic E-state index is -0.981. The lowest BCUT2D eigenvalue weighted by Crippen LogP contribution is -2.34. The molecule has 0 aliphatic heterocycles. The minimum absolute atomic E-state index is 0.0186. The van der Waals surface area contributed by atoms with Crippen LogP contribution in [0.2, 0.25) is 0 Å². The van der Waals surface area contributed by atoms with Crippen LogP contribution in [0, 0.1) is 5.82 Å². The van der Waals surface area contributed by atoms with Gasteiger partial charge in [-0.3, -0.25) is 14.4 Å². The van der Waals surface area contributed by atoms with Gasteiger partial charge in [0.05, 0.1) is 6.42 Å². The van der Waals surface area contributed by atoms with Crippen LogP contribution in [-0.4, -0.2) is 40.9 Å². The Morgan fingerprint density at radius 2 is 1.32 bits per heavy atom. The number of hydrogen-bond acceptors (Lipinski definition) is 3. The molecule has 0 saturated heterocycles. The fraction of sp³-hybridized carbons (Fsp3) is 0.182. The number of carbonyl (C=O) groups excluding carboxylic acids is 2. The number of nitrogens with zero attached hydrogens (tertiary/aromatic N) is 1. The molecule has 40 heavy (non-hydrogen) atoms. The number of benzene rings is 4. The van der Waals surface area contributed by atoms with Gasteiger partial charge in [-0.1, -0.05) is 84.9 Å². The second-order valence-corrected chi connectivity index (χ2v) is 9.39. The van der Waals surface area contributed by atoms with E-state index in [1.54, 1.807) is 71.6 Å². The van der Waals surface area contributed by atoms with Crippen molar-refractivity contribution in [3.63, 3.8) is 0 Å². The van der Waals surface area contributed by atoms with Crippen molar-refractivity contribution in [1.82, 2.24) is 10.2 Å². The molecule has 0 heterocycles. The predicted octanol–water partition coefficient (Wildman–Crippen LogP) is 5.97. The third-order valence-corrected chi connectivity index (χ3v) is 6.64. The summed E-state index contributed by atoms with van der Waals surface area (Å²) in [4.78, 5) is 39.9. The summed E-state index contributed by atoms with van der Waals surface area (Å²) in [6, 6.07) is 30.1. The molecule has 0 aromatic heterocycles. The maximum absolute atomic E-state index is 14.1. The van der Waals surface area contributed by atoms with Crippen LogP contribution >= 0.6 is 0 Å². The maximum atomic E-state index is 14.1. The lowest BCUT2D eigenvalue weighted by molar-refractivity contribution is -0.137. The van der Waals surface area contributed by atoms with Crippen molar-refractivity contribution in [2.75, 3.05) is 13.1 Å². The van der Waals surface area contributed by atoms with E-state index in [0.717, 1.165) is 12.0 Å². The third-order valence-electron chi connectivity index (χ3n) is 6.64. The molecule has 0 aliphatic carbocycles. The number of halogens is 1. The molecular formula is C33H31FN2O4. The maximum Gasteiger partial charge on any atom is 0.305 e. The number of carbonyl (C=O) groups is 3. The lowest BCUT2D eigenvalue weighted by atomic mass is 9.94. The van der Waals surface area contributed by atoms with Crippen LogP contribution in [0.25, 0.3) is 11.1 Å². The van der Waals surface area contributed by atoms with E-state index in [-0.39, 0.29) is 25.4 Å². The average Bonchev–Trinajstić information content (AvgIpc) is 2.98. The number of hydrogen-bond donors (Lipinski definition) is 2. The standard InChI is InChI=1S/C33H31FN2O4/c34-30-19-9-4-14-25(30)23-35-32(39)28-17-7-5-15-26(28)27-16-6-8-18-29(27)33(40)36(22-20-31(37)38)21-10-13-24-11-2-1-3-12-24/h1-9,11-12,14-19H,10,13,20-23H2,(H,35,39)(H,37,38). The molecule has 4 aromatic rings. The quantitative estimate of drug-likeness (QED) is 0.233. The topological polar surface area (TPSA) is 86.7 Å². The van der Waals surface area contributed by atoms with Crippen molar-refractivity contribution in [1.29, 1.82) is 0 Å². The van der Waals surface area contributed by atoms with Gasteiger partial charge in [-0.05, 0) is 47.7 Å². The van der Waals surface area contributed by atoms with E-state index < -0.39 is 17.7 Å². The normalized spacial score (nSPS) is 10.6. The Labute approximate surface area is 233 Å². The van der Waals surface area contributed by atoms with Crippen molar-refractivity contribution in [2.24, 2.45) is 0 Å². The third kappa shape index (κ3) is 7.41. The van der Waals surface area contributed by atoms with Crippen molar-refractivity contribution < 1.29 is 23.9 Å². The molecular weight excluding hydrogens is 507 g/mol. The smallest absolute Gasteiger partial charge is 0.305 e. The number of rotatable bonds is 12. The molecule has 2 N–H and O–H groups in total. The van der Waals surface area contributed by atoms with Crippen LogP contribution in [0.1, 0.15) is 44.7 Å². The van der Waals surface area contributed by atoms with Crippen LogP contribution < -0.4 is 5.32 Å². The van der Waals surface area contributed by atoms with Crippen LogP contribution in [0.3, 0.4) is 0 Å². The summed E-state index contributed by atoms with van der Waals surface area (Å²) in [5, 5.41) is 12.1. The first kappa shape index (κ1) is 28.2. The van der Waals surface area contributed by atoms with Gasteiger partial charge in [-0.2, -0.15) is 0 Å². The van der Waals surface area contributed by atoms with E-state index in [1.165, 1.54) is 6.07 Å². The number of aryl methyl sites for hydroxylation is 1. The van der Waals surface area contributed by atoms with Gasteiger partial charge in [0, 0.05) is 36.3 Å². The van der Waals surface area contributed by atoms with Crippen molar-refractivity contribution >= 4 is 17.8 Å². The Hall–Kier alpha value is -4.78. The van der Waals surface area contributed by atoms with E-state index in [0.29, 0.717) is 40.8 Å². The summed E-state index contributed by atoms with van der Waals surface area (Å²) in [5.74, 6) is -2.08. The number of carboxylic acid groups (broad SMARTS) is 1. The fourth-order valence-corrected chi connectivity index (χ4v) is 4.57. The highest BCUT2D eigenvalue weighted by atomic mass is 19.1. The monoisotopic (exact) mass is 538 g/mol. The van der Waals surface area contributed by atoms with Gasteiger partial charge >= 0.3 is 5.97 Å². The Kier molecular flexibility index (Phi) is 9.77. The van der Waals surface area contributed by atoms with Gasteiger partial charge in [-0.15, -0.1) is 0 Å². The second-order valence-electron chi connectivity index (χ2n) is 9.39. The van der Waals surface area contributed by atoms with Crippen LogP contribution in [-0.2, 0) is 17.8 Å². The van der Waals surface area contributed by atoms with Gasteiger partial charge in [0.1, 0.15) is 5.82 Å². The summed E-state index contributed by atoms with van der Waals surface area (Å²) in [7, 11) is 0. The number of nitrogens with one attached hydrogen (secondary N) is 1. The Bertz CT molecular complexity index is 1470. The minimum Gasteiger partial charge on any atom is -0.481 e. The summed E-state index contributed by atoms with van der Waals surface area (Å²) in [5.41, 5.74) is 3.35. The number of amides is 2. The summed E-state index contributed by atoms with van der Waals surface area (Å²) < 4.78 is 14.1. The summed E-state index contributed by atoms with van der Waals surface area (Å²) in [6.45, 7) is 0.479. The zero-order chi connectivity index (χ0) is 28.3. The highest BCUT2D eigenvalue weighted by Gasteiger charge is 2.22. The van der Waals surface area contributed by atoms with Crippen molar-refractivity contribution in [3.05, 3.63) is 131 Å². The highest BCUT2D eigenvalue weighted by Crippen LogP contribution is 2.28. The zero-order valence-electron chi connectivity index (χ0n) is 22.1. The first-order valence-corrected chi connectivity index (χ1v) is 13.2. The van der Waals surface area contributed by atoms with Crippen LogP contribution in [0.5, 0.6) is 0 Å². The largest absolute Gasteiger partial charge is 0.481 e. The van der Waals surface area contributed by atoms with Gasteiger partial charge in [0.15, 0.2) is 0 Å². The Morgan fingerprint density at radius 3 is 2.02 bits per heavy atom. The lowest BCUT2D eigenvalue weighted by Gasteiger charge is -2.24. The van der Waals surface area contributed by atoms with E-state index in [9.17, 15) is 23.9 Å². The molecule has 4 rings (SSSR count). The predicted molar refractivity (Wildman–Crippen MR) is 152 cm³/mol. The Balaban J connectivity index is 1.57. The molecule has 0 spiro atoms. The highest BCUT2D eigenvalue weighted by molar-refractivity contribution is 6.06. The molecule has 2 amide bonds. The van der Waals surface area contributed by atoms with Gasteiger partial charge in [0.2, 0.25) is 0 Å². The first-order chi connectivity index (χ1) is 19.4. The van der Waals surface area contributed by atoms with Gasteiger partial charge in [0.25, 0.3) is 11.8 Å². The average molecular weight is 539 g/mol. The molecule has 0 atom stereocenters. The van der Waals surface area contributed by atoms with Crippen LogP contribution in [0.15, 0.2) is 103 Å². The van der Waals surface area contributed by atoms with E-state index in [2.05, 4.69) is 5.32 Å². The molecule has 0 aliphatic rings.